The van der Waals surface area contributed by atoms with E-state index >= 15 is 0 Å². The van der Waals surface area contributed by atoms with Gasteiger partial charge in [-0.05, 0) is 30.2 Å². The fourth-order valence-corrected chi connectivity index (χ4v) is 3.61. The number of carbonyl (C=O) groups is 2. The molecule has 0 aromatic heterocycles. The predicted octanol–water partition coefficient (Wildman–Crippen LogP) is 3.02. The molecule has 150 valence electrons. The normalized spacial score (nSPS) is 13.5. The van der Waals surface area contributed by atoms with E-state index in [2.05, 4.69) is 5.32 Å². The minimum absolute atomic E-state index is 0.0187. The lowest BCUT2D eigenvalue weighted by Crippen LogP contribution is -2.42. The molecule has 28 heavy (non-hydrogen) atoms. The number of halogens is 3. The van der Waals surface area contributed by atoms with Gasteiger partial charge in [-0.25, -0.2) is 4.79 Å². The second-order valence-electron chi connectivity index (χ2n) is 5.98. The Labute approximate surface area is 162 Å². The van der Waals surface area contributed by atoms with Gasteiger partial charge in [0, 0.05) is 10.6 Å². The summed E-state index contributed by atoms with van der Waals surface area (Å²) in [5.41, 5.74) is -0.768. The molecule has 0 aliphatic carbocycles. The largest absolute Gasteiger partial charge is 0.480 e. The molecule has 0 aliphatic heterocycles. The molecule has 0 unspecified atom stereocenters. The van der Waals surface area contributed by atoms with E-state index in [9.17, 15) is 32.1 Å². The van der Waals surface area contributed by atoms with Gasteiger partial charge in [-0.1, -0.05) is 36.4 Å². The van der Waals surface area contributed by atoms with Crippen LogP contribution in [0.1, 0.15) is 17.5 Å². The zero-order valence-corrected chi connectivity index (χ0v) is 15.4. The van der Waals surface area contributed by atoms with Gasteiger partial charge in [-0.2, -0.15) is 13.2 Å². The van der Waals surface area contributed by atoms with E-state index in [1.54, 1.807) is 30.3 Å². The Kier molecular flexibility index (Phi) is 7.33. The number of benzene rings is 2. The third-order valence-electron chi connectivity index (χ3n) is 3.85. The summed E-state index contributed by atoms with van der Waals surface area (Å²) in [5.74, 6) is -2.01. The Morgan fingerprint density at radius 1 is 1.07 bits per heavy atom. The standard InChI is InChI=1S/C19H18F3NO4S/c20-19(21,22)14-6-4-5-13(11-14)12-17(24)23-16(18(25)26)9-10-28(27)15-7-2-1-3-8-15/h1-8,11,16H,9-10,12H2,(H,23,24)(H,25,26)/t16-,28-/m0/s1. The molecule has 0 saturated carbocycles. The molecular formula is C19H18F3NO4S. The second kappa shape index (κ2) is 9.50. The van der Waals surface area contributed by atoms with Gasteiger partial charge in [-0.3, -0.25) is 9.00 Å². The lowest BCUT2D eigenvalue weighted by molar-refractivity contribution is -0.141. The van der Waals surface area contributed by atoms with Crippen molar-refractivity contribution >= 4 is 22.7 Å². The van der Waals surface area contributed by atoms with Crippen LogP contribution < -0.4 is 5.32 Å². The maximum atomic E-state index is 12.7. The van der Waals surface area contributed by atoms with Crippen LogP contribution in [0.2, 0.25) is 0 Å². The van der Waals surface area contributed by atoms with Gasteiger partial charge in [-0.15, -0.1) is 0 Å². The van der Waals surface area contributed by atoms with Crippen molar-refractivity contribution in [1.82, 2.24) is 5.32 Å². The number of carboxylic acids is 1. The van der Waals surface area contributed by atoms with Crippen molar-refractivity contribution in [3.8, 4) is 0 Å². The van der Waals surface area contributed by atoms with Crippen LogP contribution in [-0.4, -0.2) is 33.0 Å². The number of nitrogens with one attached hydrogen (secondary N) is 1. The van der Waals surface area contributed by atoms with Gasteiger partial charge in [0.05, 0.1) is 22.8 Å². The van der Waals surface area contributed by atoms with E-state index < -0.39 is 46.9 Å². The first-order chi connectivity index (χ1) is 13.2. The van der Waals surface area contributed by atoms with Crippen molar-refractivity contribution < 1.29 is 32.1 Å². The number of carbonyl (C=O) groups excluding carboxylic acids is 1. The minimum Gasteiger partial charge on any atom is -0.480 e. The van der Waals surface area contributed by atoms with Crippen molar-refractivity contribution in [2.24, 2.45) is 0 Å². The van der Waals surface area contributed by atoms with Crippen LogP contribution >= 0.6 is 0 Å². The number of alkyl halides is 3. The van der Waals surface area contributed by atoms with E-state index in [1.165, 1.54) is 12.1 Å². The zero-order valence-electron chi connectivity index (χ0n) is 14.6. The maximum absolute atomic E-state index is 12.7. The molecule has 2 aromatic carbocycles. The van der Waals surface area contributed by atoms with Crippen LogP contribution in [0.4, 0.5) is 13.2 Å². The first kappa shape index (κ1) is 21.6. The predicted molar refractivity (Wildman–Crippen MR) is 97.0 cm³/mol. The highest BCUT2D eigenvalue weighted by atomic mass is 32.2. The molecule has 2 rings (SSSR count). The highest BCUT2D eigenvalue weighted by Gasteiger charge is 2.30. The number of amides is 1. The molecule has 9 heteroatoms. The summed E-state index contributed by atoms with van der Waals surface area (Å²) in [6.45, 7) is 0. The Hall–Kier alpha value is -2.68. The molecule has 0 fully saturated rings. The second-order valence-corrected chi connectivity index (χ2v) is 7.56. The monoisotopic (exact) mass is 413 g/mol. The fourth-order valence-electron chi connectivity index (χ4n) is 2.46. The van der Waals surface area contributed by atoms with Crippen LogP contribution in [0.5, 0.6) is 0 Å². The van der Waals surface area contributed by atoms with Crippen molar-refractivity contribution in [3.63, 3.8) is 0 Å². The number of rotatable bonds is 8. The minimum atomic E-state index is -4.53. The van der Waals surface area contributed by atoms with Crippen molar-refractivity contribution in [1.29, 1.82) is 0 Å². The van der Waals surface area contributed by atoms with E-state index in [0.717, 1.165) is 12.1 Å². The summed E-state index contributed by atoms with van der Waals surface area (Å²) >= 11 is 0. The summed E-state index contributed by atoms with van der Waals surface area (Å²) in [6, 6.07) is 11.5. The highest BCUT2D eigenvalue weighted by molar-refractivity contribution is 7.85. The van der Waals surface area contributed by atoms with E-state index in [-0.39, 0.29) is 17.7 Å². The number of hydrogen-bond acceptors (Lipinski definition) is 3. The molecule has 0 spiro atoms. The Balaban J connectivity index is 1.95. The summed E-state index contributed by atoms with van der Waals surface area (Å²) in [6.07, 6.45) is -5.00. The van der Waals surface area contributed by atoms with Gasteiger partial charge >= 0.3 is 12.1 Å². The molecule has 0 aliphatic rings. The first-order valence-corrected chi connectivity index (χ1v) is 9.60. The fraction of sp³-hybridized carbons (Fsp3) is 0.263. The van der Waals surface area contributed by atoms with Crippen molar-refractivity contribution in [2.45, 2.75) is 30.0 Å². The molecule has 0 heterocycles. The molecule has 2 aromatic rings. The van der Waals surface area contributed by atoms with Gasteiger partial charge in [0.15, 0.2) is 0 Å². The number of carboxylic acid groups (broad SMARTS) is 1. The molecule has 2 atom stereocenters. The Morgan fingerprint density at radius 3 is 2.36 bits per heavy atom. The smallest absolute Gasteiger partial charge is 0.416 e. The van der Waals surface area contributed by atoms with E-state index in [4.69, 9.17) is 0 Å². The van der Waals surface area contributed by atoms with Crippen LogP contribution in [0.15, 0.2) is 59.5 Å². The number of hydrogen-bond donors (Lipinski definition) is 2. The molecule has 1 amide bonds. The molecule has 0 radical (unpaired) electrons. The van der Waals surface area contributed by atoms with E-state index in [0.29, 0.717) is 4.90 Å². The van der Waals surface area contributed by atoms with Crippen LogP contribution in [0, 0.1) is 0 Å². The third-order valence-corrected chi connectivity index (χ3v) is 5.25. The highest BCUT2D eigenvalue weighted by Crippen LogP contribution is 2.29. The molecule has 2 N–H and O–H groups in total. The molecule has 0 bridgehead atoms. The average Bonchev–Trinajstić information content (AvgIpc) is 2.64. The first-order valence-electron chi connectivity index (χ1n) is 8.28. The summed E-state index contributed by atoms with van der Waals surface area (Å²) in [7, 11) is -1.43. The molecule has 5 nitrogen and oxygen atoms in total. The van der Waals surface area contributed by atoms with Crippen LogP contribution in [0.25, 0.3) is 0 Å². The lowest BCUT2D eigenvalue weighted by atomic mass is 10.1. The number of aliphatic carboxylic acids is 1. The Morgan fingerprint density at radius 2 is 1.75 bits per heavy atom. The third kappa shape index (κ3) is 6.49. The SMILES string of the molecule is O=C(Cc1cccc(C(F)(F)F)c1)N[C@@H](CC[S@](=O)c1ccccc1)C(=O)O. The summed E-state index contributed by atoms with van der Waals surface area (Å²) in [4.78, 5) is 24.0. The lowest BCUT2D eigenvalue weighted by Gasteiger charge is -2.15. The van der Waals surface area contributed by atoms with Crippen molar-refractivity contribution in [2.75, 3.05) is 5.75 Å². The average molecular weight is 413 g/mol. The molecule has 0 saturated heterocycles. The van der Waals surface area contributed by atoms with Crippen LogP contribution in [-0.2, 0) is 33.0 Å². The maximum Gasteiger partial charge on any atom is 0.416 e. The summed E-state index contributed by atoms with van der Waals surface area (Å²) < 4.78 is 50.4. The van der Waals surface area contributed by atoms with Crippen molar-refractivity contribution in [3.05, 3.63) is 65.7 Å². The van der Waals surface area contributed by atoms with Gasteiger partial charge in [0.2, 0.25) is 5.91 Å². The van der Waals surface area contributed by atoms with E-state index in [1.807, 2.05) is 0 Å². The van der Waals surface area contributed by atoms with Gasteiger partial charge in [0.1, 0.15) is 6.04 Å². The molecular weight excluding hydrogens is 395 g/mol. The van der Waals surface area contributed by atoms with Crippen LogP contribution in [0.3, 0.4) is 0 Å². The quantitative estimate of drug-likeness (QED) is 0.697. The van der Waals surface area contributed by atoms with Gasteiger partial charge < -0.3 is 10.4 Å². The van der Waals surface area contributed by atoms with Gasteiger partial charge in [0.25, 0.3) is 0 Å². The topological polar surface area (TPSA) is 83.5 Å². The zero-order chi connectivity index (χ0) is 20.7. The summed E-state index contributed by atoms with van der Waals surface area (Å²) in [5, 5.41) is 11.5. The Bertz CT molecular complexity index is 856.